The summed E-state index contributed by atoms with van der Waals surface area (Å²) in [5.74, 6) is -1.02. The van der Waals surface area contributed by atoms with E-state index in [4.69, 9.17) is 4.84 Å². The zero-order valence-corrected chi connectivity index (χ0v) is 20.0. The van der Waals surface area contributed by atoms with Crippen LogP contribution in [0.15, 0.2) is 54.7 Å². The number of Topliss-reactive ketones (excluding diaryl/α,β-unsaturated/α-hetero) is 1. The fraction of sp³-hybridized carbons (Fsp3) is 0.462. The van der Waals surface area contributed by atoms with E-state index in [-0.39, 0.29) is 24.8 Å². The Balaban J connectivity index is 2.12. The first-order valence-electron chi connectivity index (χ1n) is 11.4. The number of amides is 2. The Kier molecular flexibility index (Phi) is 10.2. The summed E-state index contributed by atoms with van der Waals surface area (Å²) in [7, 11) is 0. The van der Waals surface area contributed by atoms with Crippen molar-refractivity contribution >= 4 is 18.1 Å². The number of aromatic nitrogens is 1. The predicted molar refractivity (Wildman–Crippen MR) is 127 cm³/mol. The van der Waals surface area contributed by atoms with Gasteiger partial charge < -0.3 is 5.32 Å². The molecule has 7 heteroatoms. The van der Waals surface area contributed by atoms with Gasteiger partial charge in [-0.2, -0.15) is 0 Å². The summed E-state index contributed by atoms with van der Waals surface area (Å²) in [5, 5.41) is 4.11. The van der Waals surface area contributed by atoms with E-state index in [1.807, 2.05) is 58.0 Å². The molecule has 2 amide bonds. The molecule has 0 fully saturated rings. The van der Waals surface area contributed by atoms with Gasteiger partial charge in [0.25, 0.3) is 0 Å². The second kappa shape index (κ2) is 12.8. The highest BCUT2D eigenvalue weighted by Crippen LogP contribution is 2.23. The fourth-order valence-electron chi connectivity index (χ4n) is 3.42. The van der Waals surface area contributed by atoms with Crippen LogP contribution in [0.4, 0.5) is 0 Å². The normalized spacial score (nSPS) is 13.1. The Morgan fingerprint density at radius 1 is 1.12 bits per heavy atom. The molecule has 1 N–H and O–H groups in total. The van der Waals surface area contributed by atoms with E-state index in [0.717, 1.165) is 18.4 Å². The maximum Gasteiger partial charge on any atom is 0.233 e. The number of ketones is 1. The molecule has 1 heterocycles. The molecule has 0 saturated heterocycles. The molecule has 1 aromatic carbocycles. The molecule has 0 saturated carbocycles. The molecule has 0 aliphatic carbocycles. The van der Waals surface area contributed by atoms with Crippen LogP contribution in [0.2, 0.25) is 0 Å². The number of pyridine rings is 1. The van der Waals surface area contributed by atoms with Crippen molar-refractivity contribution in [3.63, 3.8) is 0 Å². The zero-order valence-electron chi connectivity index (χ0n) is 20.0. The molecule has 0 spiro atoms. The van der Waals surface area contributed by atoms with Crippen LogP contribution in [0.25, 0.3) is 0 Å². The van der Waals surface area contributed by atoms with Gasteiger partial charge in [0.05, 0.1) is 18.5 Å². The van der Waals surface area contributed by atoms with Gasteiger partial charge in [-0.25, -0.2) is 5.06 Å². The minimum absolute atomic E-state index is 0.108. The van der Waals surface area contributed by atoms with Crippen molar-refractivity contribution in [1.82, 2.24) is 15.4 Å². The Morgan fingerprint density at radius 3 is 2.39 bits per heavy atom. The second-order valence-electron chi connectivity index (χ2n) is 9.19. The summed E-state index contributed by atoms with van der Waals surface area (Å²) in [5.41, 5.74) is 0.712. The molecule has 1 aromatic heterocycles. The average Bonchev–Trinajstić information content (AvgIpc) is 2.82. The van der Waals surface area contributed by atoms with Crippen LogP contribution >= 0.6 is 0 Å². The SMILES string of the molecule is CCCC[C@H](CN(C=O)OCc1ccccc1)C(=O)N[C@H](C(=O)c1ccccn1)C(C)(C)C. The summed E-state index contributed by atoms with van der Waals surface area (Å²) < 4.78 is 0. The Hall–Kier alpha value is -3.06. The van der Waals surface area contributed by atoms with Crippen LogP contribution in [-0.4, -0.2) is 40.7 Å². The minimum Gasteiger partial charge on any atom is -0.345 e. The maximum atomic E-state index is 13.3. The molecule has 0 aliphatic rings. The summed E-state index contributed by atoms with van der Waals surface area (Å²) in [6, 6.07) is 13.9. The molecule has 0 radical (unpaired) electrons. The molecule has 2 rings (SSSR count). The second-order valence-corrected chi connectivity index (χ2v) is 9.19. The first-order valence-corrected chi connectivity index (χ1v) is 11.4. The number of hydroxylamine groups is 2. The van der Waals surface area contributed by atoms with E-state index in [2.05, 4.69) is 10.3 Å². The highest BCUT2D eigenvalue weighted by atomic mass is 16.7. The Bertz CT molecular complexity index is 881. The van der Waals surface area contributed by atoms with Gasteiger partial charge in [-0.3, -0.25) is 24.2 Å². The quantitative estimate of drug-likeness (QED) is 0.279. The van der Waals surface area contributed by atoms with Crippen LogP contribution < -0.4 is 5.32 Å². The fourth-order valence-corrected chi connectivity index (χ4v) is 3.42. The summed E-state index contributed by atoms with van der Waals surface area (Å²) in [6.07, 6.45) is 4.46. The van der Waals surface area contributed by atoms with Gasteiger partial charge >= 0.3 is 0 Å². The van der Waals surface area contributed by atoms with Crippen molar-refractivity contribution in [1.29, 1.82) is 0 Å². The number of carbonyl (C=O) groups excluding carboxylic acids is 3. The molecule has 0 unspecified atom stereocenters. The van der Waals surface area contributed by atoms with E-state index >= 15 is 0 Å². The first-order chi connectivity index (χ1) is 15.8. The predicted octanol–water partition coefficient (Wildman–Crippen LogP) is 4.19. The largest absolute Gasteiger partial charge is 0.345 e. The standard InChI is InChI=1S/C26H35N3O4/c1-5-6-14-21(17-29(19-30)33-18-20-12-8-7-9-13-20)25(32)28-24(26(2,3)4)23(31)22-15-10-11-16-27-22/h7-13,15-16,19,21,24H,5-6,14,17-18H2,1-4H3,(H,28,32)/t21-,24-/m1/s1. The smallest absolute Gasteiger partial charge is 0.233 e. The number of rotatable bonds is 13. The lowest BCUT2D eigenvalue weighted by molar-refractivity contribution is -0.182. The monoisotopic (exact) mass is 453 g/mol. The van der Waals surface area contributed by atoms with Crippen LogP contribution in [0.5, 0.6) is 0 Å². The lowest BCUT2D eigenvalue weighted by atomic mass is 9.82. The maximum absolute atomic E-state index is 13.3. The van der Waals surface area contributed by atoms with Crippen molar-refractivity contribution in [3.05, 3.63) is 66.0 Å². The third-order valence-corrected chi connectivity index (χ3v) is 5.37. The van der Waals surface area contributed by atoms with Gasteiger partial charge in [-0.15, -0.1) is 0 Å². The Labute approximate surface area is 196 Å². The van der Waals surface area contributed by atoms with Gasteiger partial charge in [0.15, 0.2) is 0 Å². The van der Waals surface area contributed by atoms with Crippen molar-refractivity contribution in [2.45, 2.75) is 59.6 Å². The van der Waals surface area contributed by atoms with E-state index < -0.39 is 17.4 Å². The molecule has 33 heavy (non-hydrogen) atoms. The number of nitrogens with one attached hydrogen (secondary N) is 1. The Morgan fingerprint density at radius 2 is 1.82 bits per heavy atom. The van der Waals surface area contributed by atoms with Crippen LogP contribution in [0.3, 0.4) is 0 Å². The van der Waals surface area contributed by atoms with Crippen molar-refractivity contribution in [2.75, 3.05) is 6.54 Å². The molecule has 178 valence electrons. The summed E-state index contributed by atoms with van der Waals surface area (Å²) in [6.45, 7) is 8.09. The van der Waals surface area contributed by atoms with Gasteiger partial charge in [0, 0.05) is 6.20 Å². The number of hydrogen-bond acceptors (Lipinski definition) is 5. The molecule has 7 nitrogen and oxygen atoms in total. The van der Waals surface area contributed by atoms with E-state index in [1.54, 1.807) is 24.4 Å². The summed E-state index contributed by atoms with van der Waals surface area (Å²) >= 11 is 0. The van der Waals surface area contributed by atoms with E-state index in [1.165, 1.54) is 5.06 Å². The van der Waals surface area contributed by atoms with Crippen LogP contribution in [0.1, 0.15) is 63.0 Å². The van der Waals surface area contributed by atoms with Crippen molar-refractivity contribution < 1.29 is 19.2 Å². The van der Waals surface area contributed by atoms with E-state index in [9.17, 15) is 14.4 Å². The van der Waals surface area contributed by atoms with Crippen LogP contribution in [-0.2, 0) is 21.0 Å². The van der Waals surface area contributed by atoms with Gasteiger partial charge in [0.1, 0.15) is 12.3 Å². The topological polar surface area (TPSA) is 88.6 Å². The van der Waals surface area contributed by atoms with Crippen LogP contribution in [0, 0.1) is 11.3 Å². The molecule has 2 aromatic rings. The molecule has 0 aliphatic heterocycles. The number of carbonyl (C=O) groups is 3. The van der Waals surface area contributed by atoms with Crippen molar-refractivity contribution in [3.8, 4) is 0 Å². The highest BCUT2D eigenvalue weighted by molar-refractivity contribution is 6.01. The zero-order chi connectivity index (χ0) is 24.3. The number of unbranched alkanes of at least 4 members (excludes halogenated alkanes) is 1. The lowest BCUT2D eigenvalue weighted by Crippen LogP contribution is -2.52. The summed E-state index contributed by atoms with van der Waals surface area (Å²) in [4.78, 5) is 47.8. The molecule has 2 atom stereocenters. The molecule has 0 bridgehead atoms. The minimum atomic E-state index is -0.751. The molecular formula is C26H35N3O4. The molecular weight excluding hydrogens is 418 g/mol. The van der Waals surface area contributed by atoms with Gasteiger partial charge in [-0.1, -0.05) is 76.9 Å². The van der Waals surface area contributed by atoms with Gasteiger partial charge in [0.2, 0.25) is 18.1 Å². The third kappa shape index (κ3) is 8.42. The number of benzene rings is 1. The first kappa shape index (κ1) is 26.2. The lowest BCUT2D eigenvalue weighted by Gasteiger charge is -2.32. The van der Waals surface area contributed by atoms with E-state index in [0.29, 0.717) is 18.5 Å². The number of hydrogen-bond donors (Lipinski definition) is 1. The van der Waals surface area contributed by atoms with Crippen molar-refractivity contribution in [2.24, 2.45) is 11.3 Å². The number of nitrogens with zero attached hydrogens (tertiary/aromatic N) is 2. The highest BCUT2D eigenvalue weighted by Gasteiger charge is 2.35. The van der Waals surface area contributed by atoms with Gasteiger partial charge in [-0.05, 0) is 29.5 Å². The third-order valence-electron chi connectivity index (χ3n) is 5.37. The average molecular weight is 454 g/mol.